The standard InChI is InChI=1S/C7H17NO2S.C2H6/c1-5-7(2,3)6-8-11(4,9)10;1-2/h8H,5-6H2,1-4H3;1-2H3. The van der Waals surface area contributed by atoms with E-state index >= 15 is 0 Å². The minimum absolute atomic E-state index is 0.0586. The number of rotatable bonds is 4. The highest BCUT2D eigenvalue weighted by molar-refractivity contribution is 7.88. The molecule has 4 heteroatoms. The average Bonchev–Trinajstić information content (AvgIpc) is 2.04. The maximum atomic E-state index is 10.7. The van der Waals surface area contributed by atoms with E-state index in [9.17, 15) is 8.42 Å². The Kier molecular flexibility index (Phi) is 7.55. The summed E-state index contributed by atoms with van der Waals surface area (Å²) in [6.07, 6.45) is 2.15. The van der Waals surface area contributed by atoms with Crippen LogP contribution in [0.1, 0.15) is 41.0 Å². The largest absolute Gasteiger partial charge is 0.215 e. The van der Waals surface area contributed by atoms with Gasteiger partial charge in [0, 0.05) is 6.54 Å². The lowest BCUT2D eigenvalue weighted by Gasteiger charge is -2.21. The van der Waals surface area contributed by atoms with Gasteiger partial charge >= 0.3 is 0 Å². The normalized spacial score (nSPS) is 11.8. The number of nitrogens with one attached hydrogen (secondary N) is 1. The highest BCUT2D eigenvalue weighted by Crippen LogP contribution is 2.17. The van der Waals surface area contributed by atoms with E-state index in [-0.39, 0.29) is 5.41 Å². The molecule has 82 valence electrons. The third-order valence-corrected chi connectivity index (χ3v) is 2.44. The van der Waals surface area contributed by atoms with E-state index < -0.39 is 10.0 Å². The van der Waals surface area contributed by atoms with Crippen LogP contribution in [0.2, 0.25) is 0 Å². The van der Waals surface area contributed by atoms with Crippen molar-refractivity contribution < 1.29 is 8.42 Å². The molecule has 0 aliphatic rings. The lowest BCUT2D eigenvalue weighted by Crippen LogP contribution is -2.32. The minimum Gasteiger partial charge on any atom is -0.215 e. The van der Waals surface area contributed by atoms with Gasteiger partial charge in [0.25, 0.3) is 0 Å². The molecule has 0 bridgehead atoms. The first kappa shape index (κ1) is 15.4. The molecule has 0 aromatic carbocycles. The van der Waals surface area contributed by atoms with Crippen LogP contribution in [0.5, 0.6) is 0 Å². The molecule has 0 fully saturated rings. The molecule has 0 aromatic rings. The van der Waals surface area contributed by atoms with Gasteiger partial charge in [-0.15, -0.1) is 0 Å². The summed E-state index contributed by atoms with van der Waals surface area (Å²) in [7, 11) is -3.02. The van der Waals surface area contributed by atoms with Crippen LogP contribution in [0.25, 0.3) is 0 Å². The van der Waals surface area contributed by atoms with Gasteiger partial charge in [0.2, 0.25) is 10.0 Å². The Bertz CT molecular complexity index is 208. The van der Waals surface area contributed by atoms with Crippen LogP contribution in [0.4, 0.5) is 0 Å². The van der Waals surface area contributed by atoms with Gasteiger partial charge in [-0.05, 0) is 11.8 Å². The summed E-state index contributed by atoms with van der Waals surface area (Å²) in [6, 6.07) is 0. The maximum absolute atomic E-state index is 10.7. The maximum Gasteiger partial charge on any atom is 0.208 e. The van der Waals surface area contributed by atoms with Crippen LogP contribution in [-0.2, 0) is 10.0 Å². The smallest absolute Gasteiger partial charge is 0.208 e. The zero-order chi connectivity index (χ0) is 11.1. The quantitative estimate of drug-likeness (QED) is 0.769. The van der Waals surface area contributed by atoms with E-state index in [0.717, 1.165) is 6.42 Å². The molecule has 0 saturated carbocycles. The highest BCUT2D eigenvalue weighted by Gasteiger charge is 2.16. The Morgan fingerprint density at radius 3 is 1.85 bits per heavy atom. The van der Waals surface area contributed by atoms with E-state index in [4.69, 9.17) is 0 Å². The SMILES string of the molecule is CC.CCC(C)(C)CNS(C)(=O)=O. The first-order valence-corrected chi connectivity index (χ1v) is 6.60. The van der Waals surface area contributed by atoms with E-state index in [1.807, 2.05) is 34.6 Å². The fourth-order valence-electron chi connectivity index (χ4n) is 0.451. The fourth-order valence-corrected chi connectivity index (χ4v) is 1.10. The Morgan fingerprint density at radius 2 is 1.62 bits per heavy atom. The Balaban J connectivity index is 0. The van der Waals surface area contributed by atoms with Crippen LogP contribution < -0.4 is 4.72 Å². The van der Waals surface area contributed by atoms with Crippen molar-refractivity contribution in [3.63, 3.8) is 0 Å². The molecule has 3 nitrogen and oxygen atoms in total. The molecule has 0 aliphatic carbocycles. The molecule has 0 atom stereocenters. The van der Waals surface area contributed by atoms with Crippen molar-refractivity contribution in [2.75, 3.05) is 12.8 Å². The van der Waals surface area contributed by atoms with Crippen molar-refractivity contribution in [3.8, 4) is 0 Å². The summed E-state index contributed by atoms with van der Waals surface area (Å²) in [4.78, 5) is 0. The van der Waals surface area contributed by atoms with Crippen LogP contribution >= 0.6 is 0 Å². The van der Waals surface area contributed by atoms with Crippen molar-refractivity contribution in [3.05, 3.63) is 0 Å². The van der Waals surface area contributed by atoms with Gasteiger partial charge < -0.3 is 0 Å². The summed E-state index contributed by atoms with van der Waals surface area (Å²) >= 11 is 0. The molecule has 0 saturated heterocycles. The molecule has 0 spiro atoms. The molecular weight excluding hydrogens is 186 g/mol. The first-order valence-electron chi connectivity index (χ1n) is 4.71. The molecule has 0 aromatic heterocycles. The van der Waals surface area contributed by atoms with Crippen molar-refractivity contribution >= 4 is 10.0 Å². The molecule has 0 amide bonds. The molecule has 0 aliphatic heterocycles. The molecule has 13 heavy (non-hydrogen) atoms. The van der Waals surface area contributed by atoms with E-state index in [1.165, 1.54) is 6.26 Å². The molecule has 0 unspecified atom stereocenters. The monoisotopic (exact) mass is 209 g/mol. The van der Waals surface area contributed by atoms with Gasteiger partial charge in [0.15, 0.2) is 0 Å². The number of sulfonamides is 1. The molecule has 0 rings (SSSR count). The third kappa shape index (κ3) is 11.9. The first-order chi connectivity index (χ1) is 5.77. The van der Waals surface area contributed by atoms with Crippen molar-refractivity contribution in [1.29, 1.82) is 0 Å². The van der Waals surface area contributed by atoms with Gasteiger partial charge in [-0.1, -0.05) is 34.6 Å². The molecule has 1 N–H and O–H groups in total. The lowest BCUT2D eigenvalue weighted by atomic mass is 9.91. The van der Waals surface area contributed by atoms with Crippen molar-refractivity contribution in [1.82, 2.24) is 4.72 Å². The van der Waals surface area contributed by atoms with Crippen LogP contribution in [-0.4, -0.2) is 21.2 Å². The van der Waals surface area contributed by atoms with E-state index in [0.29, 0.717) is 6.54 Å². The van der Waals surface area contributed by atoms with Gasteiger partial charge in [-0.25, -0.2) is 13.1 Å². The fraction of sp³-hybridized carbons (Fsp3) is 1.00. The lowest BCUT2D eigenvalue weighted by molar-refractivity contribution is 0.350. The second-order valence-electron chi connectivity index (χ2n) is 3.61. The highest BCUT2D eigenvalue weighted by atomic mass is 32.2. The van der Waals surface area contributed by atoms with Gasteiger partial charge in [-0.3, -0.25) is 0 Å². The van der Waals surface area contributed by atoms with E-state index in [2.05, 4.69) is 4.72 Å². The Hall–Kier alpha value is -0.0900. The van der Waals surface area contributed by atoms with Gasteiger partial charge in [0.1, 0.15) is 0 Å². The number of hydrogen-bond acceptors (Lipinski definition) is 2. The van der Waals surface area contributed by atoms with E-state index in [1.54, 1.807) is 0 Å². The third-order valence-electron chi connectivity index (χ3n) is 1.77. The van der Waals surface area contributed by atoms with Crippen LogP contribution in [0.15, 0.2) is 0 Å². The van der Waals surface area contributed by atoms with Crippen molar-refractivity contribution in [2.24, 2.45) is 5.41 Å². The zero-order valence-corrected chi connectivity index (χ0v) is 10.5. The van der Waals surface area contributed by atoms with Crippen LogP contribution in [0, 0.1) is 5.41 Å². The van der Waals surface area contributed by atoms with Gasteiger partial charge in [-0.2, -0.15) is 0 Å². The molecule has 0 heterocycles. The Morgan fingerprint density at radius 1 is 1.23 bits per heavy atom. The van der Waals surface area contributed by atoms with Crippen molar-refractivity contribution in [2.45, 2.75) is 41.0 Å². The summed E-state index contributed by atoms with van der Waals surface area (Å²) in [5.74, 6) is 0. The molecular formula is C9H23NO2S. The molecule has 0 radical (unpaired) electrons. The Labute approximate surface area is 83.0 Å². The topological polar surface area (TPSA) is 46.2 Å². The second kappa shape index (κ2) is 6.38. The van der Waals surface area contributed by atoms with Crippen LogP contribution in [0.3, 0.4) is 0 Å². The van der Waals surface area contributed by atoms with Gasteiger partial charge in [0.05, 0.1) is 6.26 Å². The minimum atomic E-state index is -3.02. The predicted octanol–water partition coefficient (Wildman–Crippen LogP) is 2.00. The summed E-state index contributed by atoms with van der Waals surface area (Å²) in [6.45, 7) is 10.6. The number of hydrogen-bond donors (Lipinski definition) is 1. The summed E-state index contributed by atoms with van der Waals surface area (Å²) in [5, 5.41) is 0. The summed E-state index contributed by atoms with van der Waals surface area (Å²) < 4.78 is 23.9. The zero-order valence-electron chi connectivity index (χ0n) is 9.64. The predicted molar refractivity (Wildman–Crippen MR) is 58.3 cm³/mol. The summed E-state index contributed by atoms with van der Waals surface area (Å²) in [5.41, 5.74) is 0.0586. The average molecular weight is 209 g/mol. The second-order valence-corrected chi connectivity index (χ2v) is 5.44.